The molecular weight excluding hydrogens is 290 g/mol. The zero-order valence-corrected chi connectivity index (χ0v) is 15.1. The summed E-state index contributed by atoms with van der Waals surface area (Å²) < 4.78 is 11.4. The number of nitrogens with zero attached hydrogens (tertiary/aromatic N) is 1. The van der Waals surface area contributed by atoms with E-state index in [1.807, 2.05) is 25.1 Å². The molecule has 0 aromatic heterocycles. The van der Waals surface area contributed by atoms with Gasteiger partial charge in [0.2, 0.25) is 0 Å². The van der Waals surface area contributed by atoms with E-state index in [9.17, 15) is 0 Å². The van der Waals surface area contributed by atoms with E-state index in [0.717, 1.165) is 24.9 Å². The van der Waals surface area contributed by atoms with Crippen molar-refractivity contribution >= 4 is 5.96 Å². The summed E-state index contributed by atoms with van der Waals surface area (Å²) in [6, 6.07) is 8.07. The van der Waals surface area contributed by atoms with Gasteiger partial charge >= 0.3 is 0 Å². The molecule has 0 fully saturated rings. The molecule has 2 N–H and O–H groups in total. The van der Waals surface area contributed by atoms with Gasteiger partial charge in [0.15, 0.2) is 5.96 Å². The minimum absolute atomic E-state index is 0.0486. The smallest absolute Gasteiger partial charge is 0.191 e. The van der Waals surface area contributed by atoms with E-state index in [2.05, 4.69) is 42.5 Å². The zero-order chi connectivity index (χ0) is 17.1. The highest BCUT2D eigenvalue weighted by Crippen LogP contribution is 2.13. The maximum atomic E-state index is 5.89. The highest BCUT2D eigenvalue weighted by Gasteiger charge is 2.06. The van der Waals surface area contributed by atoms with Gasteiger partial charge in [0.1, 0.15) is 11.9 Å². The Hall–Kier alpha value is -1.75. The van der Waals surface area contributed by atoms with E-state index in [4.69, 9.17) is 9.47 Å². The van der Waals surface area contributed by atoms with Crippen LogP contribution >= 0.6 is 0 Å². The predicted molar refractivity (Wildman–Crippen MR) is 96.3 cm³/mol. The monoisotopic (exact) mass is 321 g/mol. The molecule has 0 radical (unpaired) electrons. The molecule has 0 aliphatic rings. The van der Waals surface area contributed by atoms with Crippen LogP contribution < -0.4 is 15.4 Å². The standard InChI is InChI=1S/C18H31N3O2/c1-14(2)13-22-10-9-20-18(19-5)21-12-16(4)23-17-8-6-7-15(3)11-17/h6-8,11,14,16H,9-10,12-13H2,1-5H3,(H2,19,20,21). The Morgan fingerprint density at radius 2 is 2.00 bits per heavy atom. The molecule has 0 heterocycles. The van der Waals surface area contributed by atoms with Crippen molar-refractivity contribution in [2.24, 2.45) is 10.9 Å². The van der Waals surface area contributed by atoms with Crippen LogP contribution in [0.2, 0.25) is 0 Å². The Bertz CT molecular complexity index is 475. The van der Waals surface area contributed by atoms with Gasteiger partial charge in [-0.15, -0.1) is 0 Å². The fraction of sp³-hybridized carbons (Fsp3) is 0.611. The van der Waals surface area contributed by atoms with E-state index >= 15 is 0 Å². The lowest BCUT2D eigenvalue weighted by molar-refractivity contribution is 0.114. The van der Waals surface area contributed by atoms with Gasteiger partial charge in [-0.1, -0.05) is 26.0 Å². The Morgan fingerprint density at radius 1 is 1.22 bits per heavy atom. The van der Waals surface area contributed by atoms with Gasteiger partial charge in [0.05, 0.1) is 13.2 Å². The largest absolute Gasteiger partial charge is 0.489 e. The van der Waals surface area contributed by atoms with Crippen molar-refractivity contribution in [2.75, 3.05) is 33.4 Å². The van der Waals surface area contributed by atoms with Crippen molar-refractivity contribution in [3.05, 3.63) is 29.8 Å². The first kappa shape index (κ1) is 19.3. The molecule has 0 bridgehead atoms. The molecule has 0 spiro atoms. The van der Waals surface area contributed by atoms with Crippen LogP contribution in [0.5, 0.6) is 5.75 Å². The SMILES string of the molecule is CN=C(NCCOCC(C)C)NCC(C)Oc1cccc(C)c1. The molecule has 1 atom stereocenters. The summed E-state index contributed by atoms with van der Waals surface area (Å²) >= 11 is 0. The van der Waals surface area contributed by atoms with Crippen LogP contribution in [0.4, 0.5) is 0 Å². The molecule has 5 nitrogen and oxygen atoms in total. The van der Waals surface area contributed by atoms with Gasteiger partial charge in [-0.2, -0.15) is 0 Å². The summed E-state index contributed by atoms with van der Waals surface area (Å²) in [5.74, 6) is 2.22. The molecule has 1 aromatic rings. The van der Waals surface area contributed by atoms with Crippen molar-refractivity contribution in [3.8, 4) is 5.75 Å². The van der Waals surface area contributed by atoms with E-state index in [-0.39, 0.29) is 6.10 Å². The van der Waals surface area contributed by atoms with Gasteiger partial charge in [0, 0.05) is 20.2 Å². The Morgan fingerprint density at radius 3 is 2.65 bits per heavy atom. The van der Waals surface area contributed by atoms with Crippen molar-refractivity contribution in [1.29, 1.82) is 0 Å². The van der Waals surface area contributed by atoms with E-state index < -0.39 is 0 Å². The van der Waals surface area contributed by atoms with E-state index in [1.54, 1.807) is 7.05 Å². The summed E-state index contributed by atoms with van der Waals surface area (Å²) in [5.41, 5.74) is 1.20. The maximum Gasteiger partial charge on any atom is 0.191 e. The molecule has 1 rings (SSSR count). The molecule has 5 heteroatoms. The van der Waals surface area contributed by atoms with Crippen molar-refractivity contribution in [3.63, 3.8) is 0 Å². The average molecular weight is 321 g/mol. The normalized spacial score (nSPS) is 13.0. The third kappa shape index (κ3) is 9.08. The fourth-order valence-corrected chi connectivity index (χ4v) is 1.98. The molecule has 1 unspecified atom stereocenters. The summed E-state index contributed by atoms with van der Waals surface area (Å²) in [5, 5.41) is 6.49. The van der Waals surface area contributed by atoms with Crippen LogP contribution in [0.25, 0.3) is 0 Å². The lowest BCUT2D eigenvalue weighted by Crippen LogP contribution is -2.42. The molecule has 1 aromatic carbocycles. The van der Waals surface area contributed by atoms with Gasteiger partial charge in [-0.3, -0.25) is 4.99 Å². The number of hydrogen-bond acceptors (Lipinski definition) is 3. The van der Waals surface area contributed by atoms with Gasteiger partial charge in [-0.25, -0.2) is 0 Å². The topological polar surface area (TPSA) is 54.9 Å². The number of rotatable bonds is 9. The molecule has 0 amide bonds. The molecule has 0 saturated carbocycles. The molecule has 0 aliphatic heterocycles. The molecule has 0 saturated heterocycles. The number of aryl methyl sites for hydroxylation is 1. The number of aliphatic imine (C=N–C) groups is 1. The lowest BCUT2D eigenvalue weighted by Gasteiger charge is -2.18. The molecule has 23 heavy (non-hydrogen) atoms. The second-order valence-electron chi connectivity index (χ2n) is 6.09. The van der Waals surface area contributed by atoms with Crippen LogP contribution in [0.3, 0.4) is 0 Å². The van der Waals surface area contributed by atoms with Crippen LogP contribution in [0.1, 0.15) is 26.3 Å². The van der Waals surface area contributed by atoms with Crippen LogP contribution in [0.15, 0.2) is 29.3 Å². The van der Waals surface area contributed by atoms with Gasteiger partial charge in [-0.05, 0) is 37.5 Å². The Balaban J connectivity index is 2.23. The minimum atomic E-state index is 0.0486. The van der Waals surface area contributed by atoms with E-state index in [1.165, 1.54) is 5.56 Å². The van der Waals surface area contributed by atoms with E-state index in [0.29, 0.717) is 19.1 Å². The van der Waals surface area contributed by atoms with Crippen molar-refractivity contribution in [1.82, 2.24) is 10.6 Å². The average Bonchev–Trinajstić information content (AvgIpc) is 2.49. The Labute approximate surface area is 140 Å². The van der Waals surface area contributed by atoms with Crippen LogP contribution in [-0.2, 0) is 4.74 Å². The molecule has 130 valence electrons. The Kier molecular flexibility index (Phi) is 9.14. The molecule has 0 aliphatic carbocycles. The van der Waals surface area contributed by atoms with Crippen molar-refractivity contribution in [2.45, 2.75) is 33.8 Å². The third-order valence-electron chi connectivity index (χ3n) is 3.10. The maximum absolute atomic E-state index is 5.89. The van der Waals surface area contributed by atoms with Crippen LogP contribution in [-0.4, -0.2) is 45.4 Å². The summed E-state index contributed by atoms with van der Waals surface area (Å²) in [4.78, 5) is 4.20. The van der Waals surface area contributed by atoms with Crippen molar-refractivity contribution < 1.29 is 9.47 Å². The first-order chi connectivity index (χ1) is 11.0. The quantitative estimate of drug-likeness (QED) is 0.417. The first-order valence-corrected chi connectivity index (χ1v) is 8.27. The highest BCUT2D eigenvalue weighted by atomic mass is 16.5. The first-order valence-electron chi connectivity index (χ1n) is 8.27. The summed E-state index contributed by atoms with van der Waals surface area (Å²) in [6.07, 6.45) is 0.0486. The highest BCUT2D eigenvalue weighted by molar-refractivity contribution is 5.79. The lowest BCUT2D eigenvalue weighted by atomic mass is 10.2. The zero-order valence-electron chi connectivity index (χ0n) is 15.1. The number of benzene rings is 1. The number of nitrogens with one attached hydrogen (secondary N) is 2. The van der Waals surface area contributed by atoms with Gasteiger partial charge in [0.25, 0.3) is 0 Å². The second-order valence-corrected chi connectivity index (χ2v) is 6.09. The number of hydrogen-bond donors (Lipinski definition) is 2. The minimum Gasteiger partial charge on any atom is -0.489 e. The number of guanidine groups is 1. The molecular formula is C18H31N3O2. The van der Waals surface area contributed by atoms with Gasteiger partial charge < -0.3 is 20.1 Å². The summed E-state index contributed by atoms with van der Waals surface area (Å²) in [6.45, 7) is 11.3. The second kappa shape index (κ2) is 10.9. The fourth-order valence-electron chi connectivity index (χ4n) is 1.98. The summed E-state index contributed by atoms with van der Waals surface area (Å²) in [7, 11) is 1.76. The predicted octanol–water partition coefficient (Wildman–Crippen LogP) is 2.60. The number of ether oxygens (including phenoxy) is 2. The van der Waals surface area contributed by atoms with Crippen LogP contribution in [0, 0.1) is 12.8 Å². The third-order valence-corrected chi connectivity index (χ3v) is 3.10.